The summed E-state index contributed by atoms with van der Waals surface area (Å²) in [6.45, 7) is 10.8. The molecule has 0 atom stereocenters. The molecule has 0 spiro atoms. The van der Waals surface area contributed by atoms with Crippen LogP contribution in [0.4, 0.5) is 33.8 Å². The van der Waals surface area contributed by atoms with Crippen molar-refractivity contribution in [3.05, 3.63) is 35.4 Å². The summed E-state index contributed by atoms with van der Waals surface area (Å²) in [7, 11) is 0. The normalized spacial score (nSPS) is 13.3. The van der Waals surface area contributed by atoms with Crippen LogP contribution >= 0.6 is 0 Å². The Hall–Kier alpha value is -0.890. The van der Waals surface area contributed by atoms with Gasteiger partial charge in [-0.2, -0.15) is 15.8 Å². The fourth-order valence-corrected chi connectivity index (χ4v) is 0.951. The molecule has 0 fully saturated rings. The summed E-state index contributed by atoms with van der Waals surface area (Å²) in [5, 5.41) is 22.0. The second-order valence-electron chi connectivity index (χ2n) is 5.65. The number of hydrogen-bond donors (Lipinski definition) is 0. The van der Waals surface area contributed by atoms with Crippen LogP contribution < -0.4 is 0 Å². The van der Waals surface area contributed by atoms with Crippen LogP contribution in [0.2, 0.25) is 0 Å². The average Bonchev–Trinajstić information content (AvgIpc) is 2.43. The van der Waals surface area contributed by atoms with E-state index in [9.17, 15) is 33.8 Å². The monoisotopic (exact) mass is 829 g/mol. The van der Waals surface area contributed by atoms with E-state index in [4.69, 9.17) is 15.8 Å². The van der Waals surface area contributed by atoms with Gasteiger partial charge >= 0.3 is 92.2 Å². The Balaban J connectivity index is -0.0000000738. The molecule has 204 valence electrons. The first-order valence-corrected chi connectivity index (χ1v) is 19.5. The van der Waals surface area contributed by atoms with Crippen molar-refractivity contribution in [2.75, 3.05) is 0 Å². The summed E-state index contributed by atoms with van der Waals surface area (Å²) in [6, 6.07) is 14.0. The van der Waals surface area contributed by atoms with Crippen molar-refractivity contribution < 1.29 is 53.2 Å². The number of rotatable bonds is 1. The second-order valence-corrected chi connectivity index (χ2v) is 16.6. The molecule has 0 unspecified atom stereocenters. The van der Waals surface area contributed by atoms with E-state index in [0.717, 1.165) is 0 Å². The molecule has 0 heterocycles. The third-order valence-electron chi connectivity index (χ3n) is 1.74. The van der Waals surface area contributed by atoms with Gasteiger partial charge in [-0.1, -0.05) is 43.7 Å². The fraction of sp³-hybridized carbons (Fsp3) is 0.438. The zero-order valence-corrected chi connectivity index (χ0v) is 25.4. The van der Waals surface area contributed by atoms with E-state index in [1.54, 1.807) is 18.2 Å². The largest absolute Gasteiger partial charge is 2.00 e. The predicted octanol–water partition coefficient (Wildman–Crippen LogP) is 8.99. The van der Waals surface area contributed by atoms with Crippen molar-refractivity contribution in [3.8, 4) is 18.2 Å². The molecule has 0 radical (unpaired) electrons. The maximum Gasteiger partial charge on any atom is 2.00 e. The van der Waals surface area contributed by atoms with E-state index in [2.05, 4.69) is 45.0 Å². The van der Waals surface area contributed by atoms with Crippen molar-refractivity contribution in [3.63, 3.8) is 0 Å². The molecule has 34 heavy (non-hydrogen) atoms. The molecule has 1 aromatic rings. The predicted molar refractivity (Wildman–Crippen MR) is 104 cm³/mol. The van der Waals surface area contributed by atoms with Gasteiger partial charge in [0.05, 0.1) is 18.2 Å². The van der Waals surface area contributed by atoms with Crippen LogP contribution in [0, 0.1) is 40.9 Å². The summed E-state index contributed by atoms with van der Waals surface area (Å²) < 4.78 is 119. The van der Waals surface area contributed by atoms with Crippen LogP contribution in [-0.2, 0) is 19.5 Å². The molecule has 0 amide bonds. The zero-order valence-electron chi connectivity index (χ0n) is 18.5. The van der Waals surface area contributed by atoms with Gasteiger partial charge in [-0.05, 0) is 18.4 Å². The van der Waals surface area contributed by atoms with Crippen LogP contribution in [0.5, 0.6) is 0 Å². The van der Waals surface area contributed by atoms with E-state index in [-0.39, 0.29) is 19.5 Å². The Morgan fingerprint density at radius 3 is 0.853 bits per heavy atom. The van der Waals surface area contributed by atoms with E-state index in [0.29, 0.717) is 5.92 Å². The van der Waals surface area contributed by atoms with Crippen molar-refractivity contribution in [2.24, 2.45) is 0 Å². The molecule has 3 nitrogen and oxygen atoms in total. The van der Waals surface area contributed by atoms with Gasteiger partial charge in [0.1, 0.15) is 0 Å². The van der Waals surface area contributed by atoms with E-state index < -0.39 is 39.0 Å². The Bertz CT molecular complexity index is 719. The summed E-state index contributed by atoms with van der Waals surface area (Å²) in [5.41, 5.74) is 2.76. The third-order valence-corrected chi connectivity index (χ3v) is 1.74. The molecule has 0 aromatic heterocycles. The van der Waals surface area contributed by atoms with Gasteiger partial charge in [0.15, 0.2) is 0 Å². The van der Waals surface area contributed by atoms with Gasteiger partial charge in [-0.25, -0.2) is 0 Å². The molecule has 0 aliphatic heterocycles. The van der Waals surface area contributed by atoms with E-state index in [1.165, 1.54) is 31.9 Å². The van der Waals surface area contributed by atoms with Gasteiger partial charge in [0.25, 0.3) is 0 Å². The van der Waals surface area contributed by atoms with Gasteiger partial charge in [-0.3, -0.25) is 0 Å². The van der Waals surface area contributed by atoms with Crippen LogP contribution in [-0.4, -0.2) is 39.0 Å². The van der Waals surface area contributed by atoms with Crippen molar-refractivity contribution >= 4 is 39.0 Å². The minimum absolute atomic E-state index is 0. The number of nitrogens with zero attached hydrogens (tertiary/aromatic N) is 3. The van der Waals surface area contributed by atoms with Crippen LogP contribution in [0.25, 0.3) is 0 Å². The topological polar surface area (TPSA) is 71.4 Å². The Morgan fingerprint density at radius 2 is 0.735 bits per heavy atom. The quantitative estimate of drug-likeness (QED) is 0.210. The number of halogens is 12. The number of benzene rings is 1. The molecule has 0 saturated carbocycles. The third kappa shape index (κ3) is 164. The van der Waals surface area contributed by atoms with Crippen molar-refractivity contribution in [2.45, 2.75) is 47.5 Å². The Kier molecular flexibility index (Phi) is 20.9. The van der Waals surface area contributed by atoms with Crippen LogP contribution in [0.1, 0.15) is 51.7 Å². The average molecular weight is 830 g/mol. The minimum atomic E-state index is -11.2. The standard InChI is InChI=1S/C10H14.3C2H3N.12FH.Ru.2Sb/c1-8(2)10-6-4-9(3)5-7-10;3*1-2-3;;;;;;;;;;;;;;;/h4-8H,1-3H3;3*1H3;12*1H;;;/q;;;;;;;;;;;;;;;;+2;2*+5/p-12. The molecule has 1 aromatic carbocycles. The van der Waals surface area contributed by atoms with Crippen molar-refractivity contribution in [1.29, 1.82) is 15.8 Å². The number of hydrogen-bond acceptors (Lipinski definition) is 3. The summed E-state index contributed by atoms with van der Waals surface area (Å²) >= 11 is -22.5. The van der Waals surface area contributed by atoms with Gasteiger partial charge < -0.3 is 0 Å². The first kappa shape index (κ1) is 46.4. The summed E-state index contributed by atoms with van der Waals surface area (Å²) in [5.74, 6) is 0.653. The molecule has 0 N–H and O–H groups in total. The fourth-order valence-electron chi connectivity index (χ4n) is 0.951. The molecule has 0 aliphatic rings. The van der Waals surface area contributed by atoms with E-state index >= 15 is 0 Å². The molecule has 0 bridgehead atoms. The molecular weight excluding hydrogens is 807 g/mol. The molecule has 0 aliphatic carbocycles. The Morgan fingerprint density at radius 1 is 0.588 bits per heavy atom. The zero-order chi connectivity index (χ0) is 28.5. The van der Waals surface area contributed by atoms with Crippen LogP contribution in [0.3, 0.4) is 0 Å². The molecule has 18 heteroatoms. The van der Waals surface area contributed by atoms with E-state index in [1.807, 2.05) is 0 Å². The minimum Gasteiger partial charge on any atom is 2.00 e. The smallest absolute Gasteiger partial charge is 2.00 e. The van der Waals surface area contributed by atoms with Crippen molar-refractivity contribution in [1.82, 2.24) is 0 Å². The second kappa shape index (κ2) is 15.3. The van der Waals surface area contributed by atoms with Gasteiger partial charge in [0.2, 0.25) is 0 Å². The van der Waals surface area contributed by atoms with Gasteiger partial charge in [-0.15, -0.1) is 0 Å². The summed E-state index contributed by atoms with van der Waals surface area (Å²) in [4.78, 5) is 0. The van der Waals surface area contributed by atoms with Gasteiger partial charge in [0, 0.05) is 20.8 Å². The Labute approximate surface area is 207 Å². The SMILES string of the molecule is CC#N.CC#N.CC#N.Cc1ccc(C(C)C)cc1.[F][Sb-]([F])([F])([F])([F])[F].[F][Sb-]([F])([F])([F])([F])[F].[Ru+2]. The number of nitriles is 3. The maximum atomic E-state index is 9.93. The van der Waals surface area contributed by atoms with Crippen LogP contribution in [0.15, 0.2) is 24.3 Å². The maximum absolute atomic E-state index is 11.2. The molecular formula is C16H23F12N3RuSb2. The first-order chi connectivity index (χ1) is 13.8. The molecule has 0 saturated heterocycles. The molecule has 1 rings (SSSR count). The first-order valence-electron chi connectivity index (χ1n) is 7.96. The summed E-state index contributed by atoms with van der Waals surface area (Å²) in [6.07, 6.45) is 0. The number of aryl methyl sites for hydroxylation is 1.